The van der Waals surface area contributed by atoms with Crippen molar-refractivity contribution in [2.24, 2.45) is 46.3 Å². The van der Waals surface area contributed by atoms with Crippen LogP contribution in [0.4, 0.5) is 43.9 Å². The number of esters is 1. The van der Waals surface area contributed by atoms with Gasteiger partial charge < -0.3 is 25.2 Å². The highest BCUT2D eigenvalue weighted by molar-refractivity contribution is 14.0. The minimum atomic E-state index is -5.55. The summed E-state index contributed by atoms with van der Waals surface area (Å²) in [6, 6.07) is 12.2. The van der Waals surface area contributed by atoms with Crippen molar-refractivity contribution in [3.05, 3.63) is 58.7 Å². The third-order valence-corrected chi connectivity index (χ3v) is 27.4. The fourth-order valence-electron chi connectivity index (χ4n) is 19.0. The number of aliphatic carboxylic acids is 1. The molecule has 0 spiro atoms. The summed E-state index contributed by atoms with van der Waals surface area (Å²) in [5.74, 6) is -4.61. The van der Waals surface area contributed by atoms with Gasteiger partial charge in [-0.2, -0.15) is 43.9 Å². The molecular weight excluding hydrogens is 1470 g/mol. The fourth-order valence-corrected chi connectivity index (χ4v) is 21.4. The van der Waals surface area contributed by atoms with E-state index in [-0.39, 0.29) is 71.0 Å². The van der Waals surface area contributed by atoms with Crippen LogP contribution in [0.5, 0.6) is 11.5 Å². The molecule has 14 atom stereocenters. The number of rotatable bonds is 33. The Morgan fingerprint density at radius 3 is 1.32 bits per heavy atom. The Bertz CT molecular complexity index is 2920. The molecule has 0 radical (unpaired) electrons. The second kappa shape index (κ2) is 38.8. The molecule has 572 valence electrons. The van der Waals surface area contributed by atoms with Gasteiger partial charge in [-0.25, -0.2) is 0 Å². The van der Waals surface area contributed by atoms with E-state index in [0.29, 0.717) is 89.7 Å². The molecule has 6 fully saturated rings. The van der Waals surface area contributed by atoms with Crippen LogP contribution in [-0.4, -0.2) is 149 Å². The Balaban J connectivity index is 0.000000250. The van der Waals surface area contributed by atoms with Crippen LogP contribution in [0.2, 0.25) is 0 Å². The Morgan fingerprint density at radius 2 is 0.900 bits per heavy atom. The molecule has 8 aliphatic rings. The van der Waals surface area contributed by atoms with Crippen LogP contribution < -0.4 is 4.74 Å². The zero-order valence-corrected chi connectivity index (χ0v) is 63.0. The van der Waals surface area contributed by atoms with E-state index in [9.17, 15) is 77.2 Å². The monoisotopic (exact) mass is 1580 g/mol. The SMILES string of the molecule is C[C@]12CC[C@@H]3c4ccc(O)cc4C[C@@H](CCCCCCCCCS(=O)CCCC(F)(F)C(F)(F)F)[C@H]3[C@@H]1CC[C@@H]2O.C[C@]12CC[C@@H]3c4ccc(OC(=O)CN5CCCC5)cc4C[C@@H](CCCCCCCCCS(=O)CCCC(F)(F)C(F)(F)F)[C@H]3[C@@H]1CC[C@@H]2O.I.O=C(O)CN1CCCC1. The van der Waals surface area contributed by atoms with Crippen LogP contribution in [0.3, 0.4) is 0 Å². The predicted octanol–water partition coefficient (Wildman–Crippen LogP) is 18.4. The zero-order chi connectivity index (χ0) is 71.8. The highest BCUT2D eigenvalue weighted by Gasteiger charge is 2.60. The summed E-state index contributed by atoms with van der Waals surface area (Å²) in [5.41, 5.74) is 5.43. The van der Waals surface area contributed by atoms with Crippen LogP contribution in [0.1, 0.15) is 253 Å². The Labute approximate surface area is 609 Å². The highest BCUT2D eigenvalue weighted by atomic mass is 127. The molecule has 2 heterocycles. The first-order valence-corrected chi connectivity index (χ1v) is 40.7. The topological polar surface area (TPSA) is 165 Å². The van der Waals surface area contributed by atoms with Crippen LogP contribution in [0.25, 0.3) is 0 Å². The van der Waals surface area contributed by atoms with Crippen molar-refractivity contribution in [3.63, 3.8) is 0 Å². The summed E-state index contributed by atoms with van der Waals surface area (Å²) >= 11 is 0. The number of carbonyl (C=O) groups excluding carboxylic acids is 1. The lowest BCUT2D eigenvalue weighted by molar-refractivity contribution is -0.284. The number of likely N-dealkylation sites (tertiary alicyclic amines) is 2. The molecular formula is C76H115F10IN2O9S2. The number of carboxylic acid groups (broad SMARTS) is 1. The van der Waals surface area contributed by atoms with Crippen molar-refractivity contribution in [3.8, 4) is 11.5 Å². The zero-order valence-electron chi connectivity index (χ0n) is 59.1. The van der Waals surface area contributed by atoms with Crippen LogP contribution in [-0.2, 0) is 44.0 Å². The highest BCUT2D eigenvalue weighted by Crippen LogP contribution is 2.65. The third kappa shape index (κ3) is 23.2. The number of benzene rings is 2. The number of fused-ring (bicyclic) bond motifs is 10. The first kappa shape index (κ1) is 84.6. The number of ether oxygens (including phenoxy) is 1. The van der Waals surface area contributed by atoms with E-state index in [2.05, 4.69) is 36.9 Å². The maximum atomic E-state index is 13.0. The van der Waals surface area contributed by atoms with Crippen molar-refractivity contribution in [1.82, 2.24) is 9.80 Å². The molecule has 4 saturated carbocycles. The van der Waals surface area contributed by atoms with Gasteiger partial charge >= 0.3 is 36.1 Å². The Morgan fingerprint density at radius 1 is 0.520 bits per heavy atom. The summed E-state index contributed by atoms with van der Waals surface area (Å²) in [7, 11) is -2.73. The third-order valence-electron chi connectivity index (χ3n) is 24.4. The van der Waals surface area contributed by atoms with Gasteiger partial charge in [-0.05, 0) is 259 Å². The fraction of sp³-hybridized carbons (Fsp3) is 0.816. The number of phenols is 1. The average molecular weight is 1580 g/mol. The number of aliphatic hydroxyl groups excluding tert-OH is 2. The lowest BCUT2D eigenvalue weighted by Gasteiger charge is -2.53. The number of hydrogen-bond donors (Lipinski definition) is 4. The van der Waals surface area contributed by atoms with E-state index in [1.165, 1.54) is 22.3 Å². The molecule has 2 unspecified atom stereocenters. The van der Waals surface area contributed by atoms with E-state index in [1.807, 2.05) is 23.1 Å². The molecule has 100 heavy (non-hydrogen) atoms. The number of carbonyl (C=O) groups is 2. The van der Waals surface area contributed by atoms with Crippen molar-refractivity contribution in [1.29, 1.82) is 0 Å². The number of alkyl halides is 10. The van der Waals surface area contributed by atoms with Crippen molar-refractivity contribution >= 4 is 57.5 Å². The second-order valence-electron chi connectivity index (χ2n) is 31.2. The van der Waals surface area contributed by atoms with E-state index in [0.717, 1.165) is 206 Å². The van der Waals surface area contributed by atoms with E-state index < -0.39 is 77.4 Å². The van der Waals surface area contributed by atoms with Crippen molar-refractivity contribution in [2.45, 2.75) is 280 Å². The van der Waals surface area contributed by atoms with E-state index in [4.69, 9.17) is 9.84 Å². The number of unbranched alkanes of at least 4 members (excludes halogenated alkanes) is 12. The number of halogens is 11. The Kier molecular flexibility index (Phi) is 32.8. The second-order valence-corrected chi connectivity index (χ2v) is 34.6. The number of nitrogens with zero attached hydrogens (tertiary/aromatic N) is 2. The molecule has 2 aromatic carbocycles. The molecule has 10 rings (SSSR count). The molecule has 2 aliphatic heterocycles. The molecule has 0 aromatic heterocycles. The number of aromatic hydroxyl groups is 1. The van der Waals surface area contributed by atoms with Crippen molar-refractivity contribution < 1.29 is 87.1 Å². The lowest BCUT2D eigenvalue weighted by atomic mass is 9.52. The number of phenolic OH excluding ortho intramolecular Hbond substituents is 1. The van der Waals surface area contributed by atoms with Crippen LogP contribution in [0, 0.1) is 46.3 Å². The van der Waals surface area contributed by atoms with Gasteiger partial charge in [0.05, 0.1) is 25.3 Å². The van der Waals surface area contributed by atoms with Crippen LogP contribution >= 0.6 is 24.0 Å². The largest absolute Gasteiger partial charge is 0.508 e. The van der Waals surface area contributed by atoms with Gasteiger partial charge in [-0.3, -0.25) is 27.8 Å². The maximum Gasteiger partial charge on any atom is 0.453 e. The van der Waals surface area contributed by atoms with Gasteiger partial charge in [-0.1, -0.05) is 103 Å². The minimum absolute atomic E-state index is 0. The van der Waals surface area contributed by atoms with E-state index >= 15 is 0 Å². The average Bonchev–Trinajstić information content (AvgIpc) is 1.38. The maximum absolute atomic E-state index is 13.0. The molecule has 2 saturated heterocycles. The number of carboxylic acids is 1. The summed E-state index contributed by atoms with van der Waals surface area (Å²) < 4.78 is 155. The molecule has 6 aliphatic carbocycles. The van der Waals surface area contributed by atoms with Gasteiger partial charge in [-0.15, -0.1) is 24.0 Å². The predicted molar refractivity (Wildman–Crippen MR) is 384 cm³/mol. The molecule has 11 nitrogen and oxygen atoms in total. The van der Waals surface area contributed by atoms with Gasteiger partial charge in [0.25, 0.3) is 0 Å². The van der Waals surface area contributed by atoms with Crippen LogP contribution in [0.15, 0.2) is 36.4 Å². The number of hydrogen-bond acceptors (Lipinski definition) is 10. The molecule has 4 N–H and O–H groups in total. The van der Waals surface area contributed by atoms with E-state index in [1.54, 1.807) is 0 Å². The quantitative estimate of drug-likeness (QED) is 0.0177. The number of aliphatic hydroxyl groups is 2. The smallest absolute Gasteiger partial charge is 0.453 e. The van der Waals surface area contributed by atoms with Gasteiger partial charge in [0.2, 0.25) is 0 Å². The molecule has 0 amide bonds. The summed E-state index contributed by atoms with van der Waals surface area (Å²) in [6.07, 6.45) is 16.2. The van der Waals surface area contributed by atoms with Gasteiger partial charge in [0, 0.05) is 57.5 Å². The van der Waals surface area contributed by atoms with Gasteiger partial charge in [0.1, 0.15) is 11.5 Å². The molecule has 2 aromatic rings. The standard InChI is InChI=1S/C38H56F5NO4S.C32H47F5O3S.C6H11NO2.HI/c1-36-19-17-31-30-14-13-29(48-34(46)26-44-20-8-9-21-44)25-28(30)24-27(35(31)32(36)15-16-33(36)45)12-7-5-3-2-4-6-10-22-49(47)23-11-18-37(39,40)38(41,42)43;1-30-17-15-26-25-12-11-24(38)21-23(25)20-22(29(26)27(30)13-14-28(30)39)10-7-5-3-2-4-6-8-18-41(40)19-9-16-31(33,34)32(35,36)37;8-6(9)5-7-3-1-2-4-7;/h13-14,25,27,31-33,35,45H,2-12,15-24,26H2,1H3;11-12,21-22,26-29,38-39H,2-10,13-20H2,1H3;1-5H2,(H,8,9);1H/t27-,31-,32+,33+,35-,36+,49?;22-,26-,27+,28+,29-,30+,41?;;/m11../s1. The summed E-state index contributed by atoms with van der Waals surface area (Å²) in [6.45, 7) is 9.00. The Hall–Kier alpha value is -2.65. The minimum Gasteiger partial charge on any atom is -0.508 e. The first-order chi connectivity index (χ1) is 46.9. The summed E-state index contributed by atoms with van der Waals surface area (Å²) in [5, 5.41) is 40.3. The van der Waals surface area contributed by atoms with Crippen molar-refractivity contribution in [2.75, 3.05) is 62.3 Å². The molecule has 24 heteroatoms. The lowest BCUT2D eigenvalue weighted by Crippen LogP contribution is -2.47. The summed E-state index contributed by atoms with van der Waals surface area (Å²) in [4.78, 5) is 26.9. The first-order valence-electron chi connectivity index (χ1n) is 37.7. The normalized spacial score (nSPS) is 28.7. The molecule has 0 bridgehead atoms. The van der Waals surface area contributed by atoms with Gasteiger partial charge in [0.15, 0.2) is 0 Å².